The fourth-order valence-corrected chi connectivity index (χ4v) is 3.81. The highest BCUT2D eigenvalue weighted by atomic mass is 16.5. The summed E-state index contributed by atoms with van der Waals surface area (Å²) in [7, 11) is 1.41. The lowest BCUT2D eigenvalue weighted by Crippen LogP contribution is -2.28. The molecule has 0 unspecified atom stereocenters. The minimum atomic E-state index is -0.356. The van der Waals surface area contributed by atoms with Crippen LogP contribution in [-0.2, 0) is 9.53 Å². The van der Waals surface area contributed by atoms with Crippen molar-refractivity contribution in [2.75, 3.05) is 19.0 Å². The first-order chi connectivity index (χ1) is 14.5. The Bertz CT molecular complexity index is 1100. The lowest BCUT2D eigenvalue weighted by Gasteiger charge is -2.30. The van der Waals surface area contributed by atoms with E-state index in [1.54, 1.807) is 0 Å². The van der Waals surface area contributed by atoms with E-state index in [-0.39, 0.29) is 12.0 Å². The number of nitrogens with one attached hydrogen (secondary N) is 1. The minimum absolute atomic E-state index is 0.342. The molecule has 0 bridgehead atoms. The molecule has 2 heterocycles. The molecule has 0 fully saturated rings. The first kappa shape index (κ1) is 20.0. The van der Waals surface area contributed by atoms with Crippen molar-refractivity contribution in [3.8, 4) is 5.75 Å². The average molecular weight is 405 g/mol. The Morgan fingerprint density at radius 2 is 1.90 bits per heavy atom. The summed E-state index contributed by atoms with van der Waals surface area (Å²) >= 11 is 0. The number of nitrogens with zero attached hydrogens (tertiary/aromatic N) is 2. The van der Waals surface area contributed by atoms with Crippen molar-refractivity contribution >= 4 is 23.0 Å². The molecule has 0 aliphatic carbocycles. The van der Waals surface area contributed by atoms with Crippen LogP contribution in [0.15, 0.2) is 59.8 Å². The van der Waals surface area contributed by atoms with Crippen LogP contribution in [0, 0.1) is 5.92 Å². The first-order valence-corrected chi connectivity index (χ1v) is 10.3. The van der Waals surface area contributed by atoms with Crippen molar-refractivity contribution in [2.24, 2.45) is 5.92 Å². The summed E-state index contributed by atoms with van der Waals surface area (Å²) in [5.41, 5.74) is 4.11. The quantitative estimate of drug-likeness (QED) is 0.590. The smallest absolute Gasteiger partial charge is 0.337 e. The molecule has 0 saturated carbocycles. The Morgan fingerprint density at radius 3 is 2.60 bits per heavy atom. The molecule has 6 heteroatoms. The fourth-order valence-electron chi connectivity index (χ4n) is 3.81. The lowest BCUT2D eigenvalue weighted by atomic mass is 9.95. The van der Waals surface area contributed by atoms with Gasteiger partial charge >= 0.3 is 5.97 Å². The van der Waals surface area contributed by atoms with Crippen LogP contribution in [0.1, 0.15) is 38.8 Å². The van der Waals surface area contributed by atoms with Gasteiger partial charge in [-0.25, -0.2) is 9.78 Å². The number of hydrogen-bond donors (Lipinski definition) is 1. The van der Waals surface area contributed by atoms with E-state index in [2.05, 4.69) is 23.7 Å². The zero-order valence-electron chi connectivity index (χ0n) is 17.8. The second kappa shape index (κ2) is 8.22. The van der Waals surface area contributed by atoms with Crippen molar-refractivity contribution in [2.45, 2.75) is 33.2 Å². The third-order valence-electron chi connectivity index (χ3n) is 5.40. The summed E-state index contributed by atoms with van der Waals surface area (Å²) in [5, 5.41) is 3.27. The van der Waals surface area contributed by atoms with E-state index in [1.165, 1.54) is 7.11 Å². The van der Waals surface area contributed by atoms with E-state index in [0.29, 0.717) is 24.0 Å². The maximum atomic E-state index is 12.7. The number of imidazole rings is 1. The summed E-state index contributed by atoms with van der Waals surface area (Å²) in [6.07, 6.45) is 1.01. The molecule has 6 nitrogen and oxygen atoms in total. The largest absolute Gasteiger partial charge is 0.494 e. The molecule has 1 aromatic heterocycles. The van der Waals surface area contributed by atoms with Crippen LogP contribution in [0.4, 0.5) is 5.95 Å². The molecule has 1 aliphatic heterocycles. The van der Waals surface area contributed by atoms with Crippen LogP contribution in [-0.4, -0.2) is 29.2 Å². The minimum Gasteiger partial charge on any atom is -0.494 e. The Kier molecular flexibility index (Phi) is 5.48. The van der Waals surface area contributed by atoms with Crippen molar-refractivity contribution in [3.63, 3.8) is 0 Å². The number of carbonyl (C=O) groups excluding carboxylic acids is 1. The topological polar surface area (TPSA) is 65.4 Å². The summed E-state index contributed by atoms with van der Waals surface area (Å²) in [4.78, 5) is 17.4. The summed E-state index contributed by atoms with van der Waals surface area (Å²) in [6, 6.07) is 15.5. The number of benzene rings is 2. The molecule has 1 aliphatic rings. The second-order valence-electron chi connectivity index (χ2n) is 7.95. The Balaban J connectivity index is 1.76. The van der Waals surface area contributed by atoms with Gasteiger partial charge in [0.2, 0.25) is 5.95 Å². The van der Waals surface area contributed by atoms with E-state index in [0.717, 1.165) is 34.5 Å². The molecule has 1 N–H and O–H groups in total. The molecule has 0 radical (unpaired) electrons. The van der Waals surface area contributed by atoms with E-state index >= 15 is 0 Å². The van der Waals surface area contributed by atoms with Crippen molar-refractivity contribution < 1.29 is 14.3 Å². The van der Waals surface area contributed by atoms with Gasteiger partial charge in [-0.15, -0.1) is 0 Å². The van der Waals surface area contributed by atoms with Gasteiger partial charge < -0.3 is 14.8 Å². The first-order valence-electron chi connectivity index (χ1n) is 10.3. The predicted octanol–water partition coefficient (Wildman–Crippen LogP) is 4.92. The van der Waals surface area contributed by atoms with Crippen LogP contribution < -0.4 is 10.1 Å². The van der Waals surface area contributed by atoms with E-state index in [9.17, 15) is 4.79 Å². The Labute approximate surface area is 176 Å². The van der Waals surface area contributed by atoms with Crippen LogP contribution in [0.25, 0.3) is 11.0 Å². The van der Waals surface area contributed by atoms with Crippen molar-refractivity contribution in [1.29, 1.82) is 0 Å². The molecule has 2 aromatic carbocycles. The molecular formula is C24H27N3O3. The number of methoxy groups -OCH3 is 1. The highest BCUT2D eigenvalue weighted by molar-refractivity contribution is 5.94. The fraction of sp³-hybridized carbons (Fsp3) is 0.333. The lowest BCUT2D eigenvalue weighted by molar-refractivity contribution is -0.136. The third kappa shape index (κ3) is 3.65. The van der Waals surface area contributed by atoms with Gasteiger partial charge in [0.05, 0.1) is 36.4 Å². The number of allylic oxidation sites excluding steroid dienone is 1. The van der Waals surface area contributed by atoms with E-state index < -0.39 is 0 Å². The average Bonchev–Trinajstić information content (AvgIpc) is 3.10. The number of anilines is 1. The van der Waals surface area contributed by atoms with Crippen molar-refractivity contribution in [3.05, 3.63) is 65.4 Å². The number of esters is 1. The van der Waals surface area contributed by atoms with Crippen LogP contribution in [0.2, 0.25) is 0 Å². The SMILES string of the molecule is COC(=O)C1=C(C)Nc2nc3ccccc3n2[C@@H]1c1ccc(OCCC(C)C)cc1. The zero-order chi connectivity index (χ0) is 21.3. The number of fused-ring (bicyclic) bond motifs is 3. The molecule has 156 valence electrons. The monoisotopic (exact) mass is 405 g/mol. The maximum Gasteiger partial charge on any atom is 0.337 e. The van der Waals surface area contributed by atoms with Gasteiger partial charge in [0, 0.05) is 5.70 Å². The molecule has 0 saturated heterocycles. The van der Waals surface area contributed by atoms with Gasteiger partial charge in [-0.1, -0.05) is 38.1 Å². The van der Waals surface area contributed by atoms with Gasteiger partial charge in [-0.3, -0.25) is 4.57 Å². The highest BCUT2D eigenvalue weighted by Crippen LogP contribution is 2.39. The van der Waals surface area contributed by atoms with E-state index in [1.807, 2.05) is 55.5 Å². The van der Waals surface area contributed by atoms with Crippen molar-refractivity contribution in [1.82, 2.24) is 9.55 Å². The van der Waals surface area contributed by atoms with Gasteiger partial charge in [0.1, 0.15) is 5.75 Å². The number of aromatic nitrogens is 2. The van der Waals surface area contributed by atoms with Gasteiger partial charge in [0.25, 0.3) is 0 Å². The molecule has 4 rings (SSSR count). The number of rotatable bonds is 6. The molecule has 30 heavy (non-hydrogen) atoms. The van der Waals surface area contributed by atoms with Crippen LogP contribution in [0.3, 0.4) is 0 Å². The Hall–Kier alpha value is -3.28. The molecule has 0 spiro atoms. The maximum absolute atomic E-state index is 12.7. The van der Waals surface area contributed by atoms with Gasteiger partial charge in [-0.2, -0.15) is 0 Å². The molecule has 3 aromatic rings. The third-order valence-corrected chi connectivity index (χ3v) is 5.40. The zero-order valence-corrected chi connectivity index (χ0v) is 17.8. The number of hydrogen-bond acceptors (Lipinski definition) is 5. The van der Waals surface area contributed by atoms with Gasteiger partial charge in [-0.05, 0) is 49.1 Å². The number of para-hydroxylation sites is 2. The number of carbonyl (C=O) groups is 1. The standard InChI is InChI=1S/C24H27N3O3/c1-15(2)13-14-30-18-11-9-17(10-12-18)22-21(23(28)29-4)16(3)25-24-26-19-7-5-6-8-20(19)27(22)24/h5-12,15,22H,13-14H2,1-4H3,(H,25,26)/t22-/m1/s1. The summed E-state index contributed by atoms with van der Waals surface area (Å²) in [6.45, 7) is 6.93. The van der Waals surface area contributed by atoms with Gasteiger partial charge in [0.15, 0.2) is 0 Å². The predicted molar refractivity (Wildman–Crippen MR) is 118 cm³/mol. The summed E-state index contributed by atoms with van der Waals surface area (Å²) in [5.74, 6) is 1.78. The highest BCUT2D eigenvalue weighted by Gasteiger charge is 2.34. The van der Waals surface area contributed by atoms with Crippen LogP contribution in [0.5, 0.6) is 5.75 Å². The second-order valence-corrected chi connectivity index (χ2v) is 7.95. The molecule has 0 amide bonds. The summed E-state index contributed by atoms with van der Waals surface area (Å²) < 4.78 is 13.0. The van der Waals surface area contributed by atoms with E-state index in [4.69, 9.17) is 14.5 Å². The number of ether oxygens (including phenoxy) is 2. The normalized spacial score (nSPS) is 15.8. The molecule has 1 atom stereocenters. The van der Waals surface area contributed by atoms with Crippen LogP contribution >= 0.6 is 0 Å². The Morgan fingerprint density at radius 1 is 1.17 bits per heavy atom. The molecular weight excluding hydrogens is 378 g/mol.